The summed E-state index contributed by atoms with van der Waals surface area (Å²) in [5.41, 5.74) is 2.77. The molecule has 2 heterocycles. The Labute approximate surface area is 132 Å². The van der Waals surface area contributed by atoms with Gasteiger partial charge in [0, 0.05) is 49.2 Å². The molecule has 116 valence electrons. The summed E-state index contributed by atoms with van der Waals surface area (Å²) in [6.07, 6.45) is 0.979. The summed E-state index contributed by atoms with van der Waals surface area (Å²) in [6.45, 7) is 11.8. The van der Waals surface area contributed by atoms with Crippen LogP contribution in [0.25, 0.3) is 0 Å². The molecule has 1 atom stereocenters. The molecule has 0 radical (unpaired) electrons. The topological polar surface area (TPSA) is 24.5 Å². The molecule has 1 aromatic carbocycles. The number of nitrogens with one attached hydrogen (secondary N) is 1. The Hall–Kier alpha value is -0.770. The van der Waals surface area contributed by atoms with Crippen molar-refractivity contribution in [2.24, 2.45) is 5.41 Å². The predicted molar refractivity (Wildman–Crippen MR) is 87.2 cm³/mol. The largest absolute Gasteiger partial charge is 0.493 e. The molecule has 0 aliphatic carbocycles. The number of rotatable bonds is 2. The van der Waals surface area contributed by atoms with E-state index >= 15 is 0 Å². The SMILES string of the molecule is CC(C)(C)C1CNCCN1Cc1cc(Cl)cc2c1OCC2. The average molecular weight is 309 g/mol. The smallest absolute Gasteiger partial charge is 0.127 e. The number of hydrogen-bond acceptors (Lipinski definition) is 3. The lowest BCUT2D eigenvalue weighted by Crippen LogP contribution is -2.56. The van der Waals surface area contributed by atoms with Gasteiger partial charge in [-0.15, -0.1) is 0 Å². The summed E-state index contributed by atoms with van der Waals surface area (Å²) in [7, 11) is 0. The molecule has 1 unspecified atom stereocenters. The summed E-state index contributed by atoms with van der Waals surface area (Å²) < 4.78 is 5.85. The molecule has 0 bridgehead atoms. The minimum Gasteiger partial charge on any atom is -0.493 e. The van der Waals surface area contributed by atoms with E-state index in [1.165, 1.54) is 11.1 Å². The van der Waals surface area contributed by atoms with Crippen molar-refractivity contribution in [1.29, 1.82) is 0 Å². The first kappa shape index (κ1) is 15.1. The van der Waals surface area contributed by atoms with E-state index in [0.29, 0.717) is 6.04 Å². The first-order valence-electron chi connectivity index (χ1n) is 7.84. The maximum atomic E-state index is 6.29. The molecule has 1 saturated heterocycles. The lowest BCUT2D eigenvalue weighted by Gasteiger charge is -2.43. The Kier molecular flexibility index (Phi) is 4.17. The van der Waals surface area contributed by atoms with Crippen LogP contribution in [0.4, 0.5) is 0 Å². The van der Waals surface area contributed by atoms with E-state index < -0.39 is 0 Å². The molecule has 1 aromatic rings. The van der Waals surface area contributed by atoms with E-state index in [9.17, 15) is 0 Å². The van der Waals surface area contributed by atoms with Gasteiger partial charge in [-0.3, -0.25) is 4.90 Å². The molecule has 0 spiro atoms. The second-order valence-corrected chi connectivity index (χ2v) is 7.64. The molecular weight excluding hydrogens is 284 g/mol. The van der Waals surface area contributed by atoms with Gasteiger partial charge in [-0.2, -0.15) is 0 Å². The Morgan fingerprint density at radius 2 is 2.19 bits per heavy atom. The summed E-state index contributed by atoms with van der Waals surface area (Å²) >= 11 is 6.29. The zero-order valence-electron chi connectivity index (χ0n) is 13.2. The third kappa shape index (κ3) is 3.20. The lowest BCUT2D eigenvalue weighted by atomic mass is 9.84. The highest BCUT2D eigenvalue weighted by atomic mass is 35.5. The monoisotopic (exact) mass is 308 g/mol. The zero-order chi connectivity index (χ0) is 15.0. The number of piperazine rings is 1. The summed E-state index contributed by atoms with van der Waals surface area (Å²) in [6, 6.07) is 4.65. The van der Waals surface area contributed by atoms with Gasteiger partial charge in [0.2, 0.25) is 0 Å². The van der Waals surface area contributed by atoms with E-state index in [1.807, 2.05) is 6.07 Å². The van der Waals surface area contributed by atoms with Crippen LogP contribution in [0.3, 0.4) is 0 Å². The van der Waals surface area contributed by atoms with E-state index in [1.54, 1.807) is 0 Å². The molecule has 4 heteroatoms. The number of hydrogen-bond donors (Lipinski definition) is 1. The van der Waals surface area contributed by atoms with Crippen LogP contribution in [0.2, 0.25) is 5.02 Å². The zero-order valence-corrected chi connectivity index (χ0v) is 14.0. The van der Waals surface area contributed by atoms with E-state index in [-0.39, 0.29) is 5.41 Å². The molecule has 2 aliphatic rings. The predicted octanol–water partition coefficient (Wildman–Crippen LogP) is 3.09. The van der Waals surface area contributed by atoms with Crippen molar-refractivity contribution >= 4 is 11.6 Å². The molecule has 2 aliphatic heterocycles. The number of fused-ring (bicyclic) bond motifs is 1. The third-order valence-corrected chi connectivity index (χ3v) is 4.77. The van der Waals surface area contributed by atoms with Crippen molar-refractivity contribution in [2.75, 3.05) is 26.2 Å². The van der Waals surface area contributed by atoms with Crippen molar-refractivity contribution in [3.63, 3.8) is 0 Å². The van der Waals surface area contributed by atoms with Crippen molar-refractivity contribution in [3.8, 4) is 5.75 Å². The number of ether oxygens (including phenoxy) is 1. The van der Waals surface area contributed by atoms with Crippen molar-refractivity contribution in [1.82, 2.24) is 10.2 Å². The van der Waals surface area contributed by atoms with Crippen LogP contribution in [0.5, 0.6) is 5.75 Å². The van der Waals surface area contributed by atoms with Gasteiger partial charge < -0.3 is 10.1 Å². The number of nitrogens with zero attached hydrogens (tertiary/aromatic N) is 1. The van der Waals surface area contributed by atoms with Gasteiger partial charge in [0.15, 0.2) is 0 Å². The highest BCUT2D eigenvalue weighted by Gasteiger charge is 2.33. The molecule has 21 heavy (non-hydrogen) atoms. The highest BCUT2D eigenvalue weighted by molar-refractivity contribution is 6.30. The second kappa shape index (κ2) is 5.79. The molecule has 3 nitrogen and oxygen atoms in total. The van der Waals surface area contributed by atoms with Crippen LogP contribution in [-0.2, 0) is 13.0 Å². The van der Waals surface area contributed by atoms with Gasteiger partial charge in [0.1, 0.15) is 5.75 Å². The normalized spacial score (nSPS) is 23.0. The van der Waals surface area contributed by atoms with E-state index in [4.69, 9.17) is 16.3 Å². The van der Waals surface area contributed by atoms with Gasteiger partial charge in [-0.1, -0.05) is 32.4 Å². The summed E-state index contributed by atoms with van der Waals surface area (Å²) in [4.78, 5) is 2.57. The van der Waals surface area contributed by atoms with Crippen LogP contribution < -0.4 is 10.1 Å². The van der Waals surface area contributed by atoms with Crippen molar-refractivity contribution < 1.29 is 4.74 Å². The van der Waals surface area contributed by atoms with Crippen molar-refractivity contribution in [2.45, 2.75) is 39.8 Å². The van der Waals surface area contributed by atoms with Gasteiger partial charge >= 0.3 is 0 Å². The molecule has 0 aromatic heterocycles. The molecule has 0 amide bonds. The first-order chi connectivity index (χ1) is 9.95. The number of halogens is 1. The van der Waals surface area contributed by atoms with Crippen LogP contribution in [0.15, 0.2) is 12.1 Å². The fourth-order valence-electron chi connectivity index (χ4n) is 3.47. The summed E-state index contributed by atoms with van der Waals surface area (Å²) in [5, 5.41) is 4.35. The van der Waals surface area contributed by atoms with E-state index in [2.05, 4.69) is 37.1 Å². The Morgan fingerprint density at radius 1 is 1.38 bits per heavy atom. The number of benzene rings is 1. The van der Waals surface area contributed by atoms with Gasteiger partial charge in [-0.25, -0.2) is 0 Å². The molecule has 0 saturated carbocycles. The molecular formula is C17H25ClN2O. The van der Waals surface area contributed by atoms with Crippen LogP contribution in [0, 0.1) is 5.41 Å². The molecule has 1 N–H and O–H groups in total. The standard InChI is InChI=1S/C17H25ClN2O/c1-17(2,3)15-10-19-5-6-20(15)11-13-9-14(18)8-12-4-7-21-16(12)13/h8-9,15,19H,4-7,10-11H2,1-3H3. The maximum Gasteiger partial charge on any atom is 0.127 e. The van der Waals surface area contributed by atoms with E-state index in [0.717, 1.165) is 50.0 Å². The molecule has 3 rings (SSSR count). The van der Waals surface area contributed by atoms with Crippen LogP contribution in [0.1, 0.15) is 31.9 Å². The second-order valence-electron chi connectivity index (χ2n) is 7.21. The van der Waals surface area contributed by atoms with Gasteiger partial charge in [-0.05, 0) is 23.1 Å². The summed E-state index contributed by atoms with van der Waals surface area (Å²) in [5.74, 6) is 1.07. The lowest BCUT2D eigenvalue weighted by molar-refractivity contribution is 0.0682. The third-order valence-electron chi connectivity index (χ3n) is 4.55. The minimum absolute atomic E-state index is 0.260. The Balaban J connectivity index is 1.85. The van der Waals surface area contributed by atoms with Crippen molar-refractivity contribution in [3.05, 3.63) is 28.3 Å². The van der Waals surface area contributed by atoms with Gasteiger partial charge in [0.25, 0.3) is 0 Å². The fraction of sp³-hybridized carbons (Fsp3) is 0.647. The Morgan fingerprint density at radius 3 is 2.95 bits per heavy atom. The van der Waals surface area contributed by atoms with Gasteiger partial charge in [0.05, 0.1) is 6.61 Å². The minimum atomic E-state index is 0.260. The first-order valence-corrected chi connectivity index (χ1v) is 8.22. The highest BCUT2D eigenvalue weighted by Crippen LogP contribution is 2.35. The fourth-order valence-corrected chi connectivity index (χ4v) is 3.74. The Bertz CT molecular complexity index is 524. The van der Waals surface area contributed by atoms with Crippen LogP contribution in [-0.4, -0.2) is 37.2 Å². The average Bonchev–Trinajstić information content (AvgIpc) is 2.86. The maximum absolute atomic E-state index is 6.29. The quantitative estimate of drug-likeness (QED) is 0.908. The van der Waals surface area contributed by atoms with Crippen LogP contribution >= 0.6 is 11.6 Å². The molecule has 1 fully saturated rings.